The van der Waals surface area contributed by atoms with Crippen LogP contribution in [0, 0.1) is 5.82 Å². The Hall–Kier alpha value is -2.22. The standard InChI is InChI=1S/C17H17F4N3O/c18-14-9-22-16(23-10-14)25-15-4-6-24(7-5-15)11-12-2-1-3-13(8-12)17(19,20)21/h1-3,8-10,15H,4-7,11H2. The Labute approximate surface area is 142 Å². The Morgan fingerprint density at radius 2 is 1.80 bits per heavy atom. The summed E-state index contributed by atoms with van der Waals surface area (Å²) in [5, 5.41) is 0. The van der Waals surface area contributed by atoms with Gasteiger partial charge in [-0.3, -0.25) is 4.90 Å². The lowest BCUT2D eigenvalue weighted by atomic mass is 10.1. The SMILES string of the molecule is Fc1cnc(OC2CCN(Cc3cccc(C(F)(F)F)c3)CC2)nc1. The molecule has 0 radical (unpaired) electrons. The van der Waals surface area contributed by atoms with Gasteiger partial charge in [-0.25, -0.2) is 14.4 Å². The van der Waals surface area contributed by atoms with E-state index in [0.29, 0.717) is 38.0 Å². The zero-order valence-corrected chi connectivity index (χ0v) is 13.3. The smallest absolute Gasteiger partial charge is 0.416 e. The van der Waals surface area contributed by atoms with Crippen LogP contribution >= 0.6 is 0 Å². The number of nitrogens with zero attached hydrogens (tertiary/aromatic N) is 3. The van der Waals surface area contributed by atoms with Crippen LogP contribution in [0.1, 0.15) is 24.0 Å². The van der Waals surface area contributed by atoms with Gasteiger partial charge in [0.1, 0.15) is 6.10 Å². The Morgan fingerprint density at radius 3 is 2.44 bits per heavy atom. The number of hydrogen-bond donors (Lipinski definition) is 0. The average molecular weight is 355 g/mol. The molecule has 0 aliphatic carbocycles. The Kier molecular flexibility index (Phi) is 5.17. The van der Waals surface area contributed by atoms with Crippen LogP contribution < -0.4 is 4.74 Å². The Balaban J connectivity index is 1.52. The molecule has 3 rings (SSSR count). The molecular weight excluding hydrogens is 338 g/mol. The van der Waals surface area contributed by atoms with Crippen molar-refractivity contribution in [3.8, 4) is 6.01 Å². The fraction of sp³-hybridized carbons (Fsp3) is 0.412. The number of piperidine rings is 1. The van der Waals surface area contributed by atoms with Gasteiger partial charge in [-0.15, -0.1) is 0 Å². The molecule has 1 aromatic carbocycles. The normalized spacial score (nSPS) is 16.8. The Bertz CT molecular complexity index is 698. The van der Waals surface area contributed by atoms with Crippen molar-refractivity contribution >= 4 is 0 Å². The molecule has 1 aromatic heterocycles. The third-order valence-electron chi connectivity index (χ3n) is 4.06. The molecule has 0 bridgehead atoms. The molecule has 0 saturated carbocycles. The van der Waals surface area contributed by atoms with Crippen LogP contribution in [-0.2, 0) is 12.7 Å². The summed E-state index contributed by atoms with van der Waals surface area (Å²) in [7, 11) is 0. The van der Waals surface area contributed by atoms with Crippen LogP contribution in [-0.4, -0.2) is 34.1 Å². The third-order valence-corrected chi connectivity index (χ3v) is 4.06. The highest BCUT2D eigenvalue weighted by atomic mass is 19.4. The minimum absolute atomic E-state index is 0.0804. The summed E-state index contributed by atoms with van der Waals surface area (Å²) in [5.41, 5.74) is 0.00717. The number of hydrogen-bond acceptors (Lipinski definition) is 4. The van der Waals surface area contributed by atoms with Crippen LogP contribution in [0.4, 0.5) is 17.6 Å². The highest BCUT2D eigenvalue weighted by molar-refractivity contribution is 5.25. The van der Waals surface area contributed by atoms with Gasteiger partial charge in [-0.2, -0.15) is 13.2 Å². The van der Waals surface area contributed by atoms with Crippen molar-refractivity contribution in [2.24, 2.45) is 0 Å². The van der Waals surface area contributed by atoms with Crippen LogP contribution in [0.2, 0.25) is 0 Å². The van der Waals surface area contributed by atoms with Crippen LogP contribution in [0.5, 0.6) is 6.01 Å². The highest BCUT2D eigenvalue weighted by Crippen LogP contribution is 2.30. The molecule has 1 fully saturated rings. The molecule has 8 heteroatoms. The molecule has 1 saturated heterocycles. The average Bonchev–Trinajstić information content (AvgIpc) is 2.58. The molecule has 2 heterocycles. The van der Waals surface area contributed by atoms with E-state index in [2.05, 4.69) is 14.9 Å². The number of benzene rings is 1. The fourth-order valence-electron chi connectivity index (χ4n) is 2.80. The second kappa shape index (κ2) is 7.35. The molecule has 134 valence electrons. The quantitative estimate of drug-likeness (QED) is 0.785. The second-order valence-corrected chi connectivity index (χ2v) is 5.98. The predicted molar refractivity (Wildman–Crippen MR) is 82.4 cm³/mol. The first-order valence-corrected chi connectivity index (χ1v) is 7.93. The predicted octanol–water partition coefficient (Wildman–Crippen LogP) is 3.68. The van der Waals surface area contributed by atoms with E-state index < -0.39 is 17.6 Å². The topological polar surface area (TPSA) is 38.2 Å². The van der Waals surface area contributed by atoms with E-state index in [4.69, 9.17) is 4.74 Å². The van der Waals surface area contributed by atoms with Crippen molar-refractivity contribution in [1.82, 2.24) is 14.9 Å². The summed E-state index contributed by atoms with van der Waals surface area (Å²) < 4.78 is 56.7. The van der Waals surface area contributed by atoms with Gasteiger partial charge in [0.05, 0.1) is 18.0 Å². The van der Waals surface area contributed by atoms with E-state index in [-0.39, 0.29) is 12.1 Å². The summed E-state index contributed by atoms with van der Waals surface area (Å²) in [5.74, 6) is -0.525. The van der Waals surface area contributed by atoms with Crippen molar-refractivity contribution in [3.05, 3.63) is 53.6 Å². The summed E-state index contributed by atoms with van der Waals surface area (Å²) in [6.07, 6.45) is -0.898. The molecule has 0 spiro atoms. The van der Waals surface area contributed by atoms with E-state index in [0.717, 1.165) is 18.5 Å². The Morgan fingerprint density at radius 1 is 1.12 bits per heavy atom. The number of aromatic nitrogens is 2. The lowest BCUT2D eigenvalue weighted by molar-refractivity contribution is -0.137. The second-order valence-electron chi connectivity index (χ2n) is 5.98. The van der Waals surface area contributed by atoms with Gasteiger partial charge in [-0.05, 0) is 24.5 Å². The van der Waals surface area contributed by atoms with Gasteiger partial charge in [-0.1, -0.05) is 18.2 Å². The van der Waals surface area contributed by atoms with Gasteiger partial charge in [0.25, 0.3) is 0 Å². The summed E-state index contributed by atoms with van der Waals surface area (Å²) in [6.45, 7) is 1.86. The van der Waals surface area contributed by atoms with Crippen LogP contribution in [0.25, 0.3) is 0 Å². The number of likely N-dealkylation sites (tertiary alicyclic amines) is 1. The maximum atomic E-state index is 12.8. The van der Waals surface area contributed by atoms with Crippen molar-refractivity contribution in [1.29, 1.82) is 0 Å². The lowest BCUT2D eigenvalue weighted by Crippen LogP contribution is -2.38. The van der Waals surface area contributed by atoms with E-state index in [1.807, 2.05) is 0 Å². The summed E-state index contributed by atoms with van der Waals surface area (Å²) >= 11 is 0. The summed E-state index contributed by atoms with van der Waals surface area (Å²) in [6, 6.07) is 5.53. The lowest BCUT2D eigenvalue weighted by Gasteiger charge is -2.31. The first-order chi connectivity index (χ1) is 11.9. The molecule has 0 unspecified atom stereocenters. The largest absolute Gasteiger partial charge is 0.460 e. The fourth-order valence-corrected chi connectivity index (χ4v) is 2.80. The van der Waals surface area contributed by atoms with Crippen LogP contribution in [0.3, 0.4) is 0 Å². The molecule has 1 aliphatic rings. The van der Waals surface area contributed by atoms with E-state index in [1.54, 1.807) is 6.07 Å². The van der Waals surface area contributed by atoms with E-state index in [9.17, 15) is 17.6 Å². The number of ether oxygens (including phenoxy) is 1. The zero-order chi connectivity index (χ0) is 17.9. The van der Waals surface area contributed by atoms with Gasteiger partial charge >= 0.3 is 12.2 Å². The van der Waals surface area contributed by atoms with E-state index >= 15 is 0 Å². The minimum Gasteiger partial charge on any atom is -0.460 e. The summed E-state index contributed by atoms with van der Waals surface area (Å²) in [4.78, 5) is 9.61. The molecule has 0 amide bonds. The molecule has 2 aromatic rings. The maximum absolute atomic E-state index is 12.8. The monoisotopic (exact) mass is 355 g/mol. The molecular formula is C17H17F4N3O. The van der Waals surface area contributed by atoms with Gasteiger partial charge in [0.15, 0.2) is 5.82 Å². The number of halogens is 4. The number of rotatable bonds is 4. The first-order valence-electron chi connectivity index (χ1n) is 7.93. The molecule has 25 heavy (non-hydrogen) atoms. The third kappa shape index (κ3) is 4.88. The molecule has 4 nitrogen and oxygen atoms in total. The van der Waals surface area contributed by atoms with Crippen molar-refractivity contribution in [3.63, 3.8) is 0 Å². The zero-order valence-electron chi connectivity index (χ0n) is 13.3. The maximum Gasteiger partial charge on any atom is 0.416 e. The first kappa shape index (κ1) is 17.6. The van der Waals surface area contributed by atoms with Crippen molar-refractivity contribution in [2.45, 2.75) is 31.7 Å². The van der Waals surface area contributed by atoms with Crippen molar-refractivity contribution < 1.29 is 22.3 Å². The molecule has 0 atom stereocenters. The minimum atomic E-state index is -4.33. The van der Waals surface area contributed by atoms with Gasteiger partial charge in [0, 0.05) is 19.6 Å². The molecule has 0 N–H and O–H groups in total. The van der Waals surface area contributed by atoms with E-state index in [1.165, 1.54) is 12.1 Å². The van der Waals surface area contributed by atoms with Gasteiger partial charge < -0.3 is 4.74 Å². The number of alkyl halides is 3. The molecule has 1 aliphatic heterocycles. The van der Waals surface area contributed by atoms with Gasteiger partial charge in [0.2, 0.25) is 0 Å². The highest BCUT2D eigenvalue weighted by Gasteiger charge is 2.30. The van der Waals surface area contributed by atoms with Crippen molar-refractivity contribution in [2.75, 3.05) is 13.1 Å². The van der Waals surface area contributed by atoms with Crippen LogP contribution in [0.15, 0.2) is 36.7 Å².